The summed E-state index contributed by atoms with van der Waals surface area (Å²) in [6, 6.07) is 6.86. The van der Waals surface area contributed by atoms with E-state index < -0.39 is 0 Å². The van der Waals surface area contributed by atoms with Crippen molar-refractivity contribution in [3.63, 3.8) is 0 Å². The van der Waals surface area contributed by atoms with E-state index in [4.69, 9.17) is 0 Å². The first-order valence-corrected chi connectivity index (χ1v) is 6.68. The summed E-state index contributed by atoms with van der Waals surface area (Å²) in [5, 5.41) is 11.7. The molecule has 1 aliphatic heterocycles. The second kappa shape index (κ2) is 5.48. The minimum atomic E-state index is -0.207. The second-order valence-corrected chi connectivity index (χ2v) is 4.95. The summed E-state index contributed by atoms with van der Waals surface area (Å²) in [5.74, 6) is 0.769. The number of aromatic nitrogens is 3. The molecule has 1 aliphatic rings. The number of hydrogen-bond donors (Lipinski definition) is 1. The Kier molecular flexibility index (Phi) is 3.55. The minimum Gasteiger partial charge on any atom is -0.312 e. The first-order valence-electron chi connectivity index (χ1n) is 6.68. The Morgan fingerprint density at radius 3 is 2.84 bits per heavy atom. The van der Waals surface area contributed by atoms with E-state index in [0.29, 0.717) is 6.54 Å². The molecule has 100 valence electrons. The molecule has 4 nitrogen and oxygen atoms in total. The van der Waals surface area contributed by atoms with E-state index in [-0.39, 0.29) is 11.9 Å². The lowest BCUT2D eigenvalue weighted by Gasteiger charge is -2.23. The molecule has 1 atom stereocenters. The molecule has 19 heavy (non-hydrogen) atoms. The van der Waals surface area contributed by atoms with Gasteiger partial charge < -0.3 is 9.88 Å². The van der Waals surface area contributed by atoms with Crippen LogP contribution in [0.3, 0.4) is 0 Å². The SMILES string of the molecule is Fc1ccc(Cn2cnnc2C2CCCCN2)cc1. The topological polar surface area (TPSA) is 42.7 Å². The maximum Gasteiger partial charge on any atom is 0.150 e. The van der Waals surface area contributed by atoms with Crippen molar-refractivity contribution in [3.05, 3.63) is 47.8 Å². The summed E-state index contributed by atoms with van der Waals surface area (Å²) in [5.41, 5.74) is 1.05. The summed E-state index contributed by atoms with van der Waals surface area (Å²) in [4.78, 5) is 0. The van der Waals surface area contributed by atoms with Crippen molar-refractivity contribution in [2.45, 2.75) is 31.8 Å². The molecule has 3 rings (SSSR count). The molecule has 1 fully saturated rings. The van der Waals surface area contributed by atoms with Gasteiger partial charge in [0.15, 0.2) is 0 Å². The molecule has 0 aliphatic carbocycles. The van der Waals surface area contributed by atoms with Gasteiger partial charge >= 0.3 is 0 Å². The van der Waals surface area contributed by atoms with Gasteiger partial charge in [0.2, 0.25) is 0 Å². The molecule has 2 heterocycles. The lowest BCUT2D eigenvalue weighted by molar-refractivity contribution is 0.387. The van der Waals surface area contributed by atoms with Crippen molar-refractivity contribution in [1.29, 1.82) is 0 Å². The fourth-order valence-electron chi connectivity index (χ4n) is 2.51. The van der Waals surface area contributed by atoms with Gasteiger partial charge in [-0.1, -0.05) is 18.6 Å². The van der Waals surface area contributed by atoms with Gasteiger partial charge in [-0.2, -0.15) is 0 Å². The number of piperidine rings is 1. The van der Waals surface area contributed by atoms with E-state index in [0.717, 1.165) is 24.4 Å². The zero-order chi connectivity index (χ0) is 13.1. The van der Waals surface area contributed by atoms with E-state index in [1.54, 1.807) is 18.5 Å². The lowest BCUT2D eigenvalue weighted by atomic mass is 10.0. The Morgan fingerprint density at radius 1 is 1.26 bits per heavy atom. The molecule has 0 saturated carbocycles. The van der Waals surface area contributed by atoms with Crippen LogP contribution in [-0.4, -0.2) is 21.3 Å². The first kappa shape index (κ1) is 12.3. The summed E-state index contributed by atoms with van der Waals surface area (Å²) in [6.45, 7) is 1.72. The molecule has 1 saturated heterocycles. The normalized spacial score (nSPS) is 19.5. The molecule has 1 aromatic carbocycles. The van der Waals surface area contributed by atoms with Crippen molar-refractivity contribution >= 4 is 0 Å². The maximum atomic E-state index is 12.9. The standard InChI is InChI=1S/C14H17FN4/c15-12-6-4-11(5-7-12)9-19-10-17-18-14(19)13-3-1-2-8-16-13/h4-7,10,13,16H,1-3,8-9H2. The van der Waals surface area contributed by atoms with Crippen LogP contribution in [0.2, 0.25) is 0 Å². The van der Waals surface area contributed by atoms with Gasteiger partial charge in [0, 0.05) is 0 Å². The van der Waals surface area contributed by atoms with E-state index in [1.807, 2.05) is 4.57 Å². The van der Waals surface area contributed by atoms with Crippen molar-refractivity contribution < 1.29 is 4.39 Å². The highest BCUT2D eigenvalue weighted by Gasteiger charge is 2.20. The first-order chi connectivity index (χ1) is 9.33. The summed E-state index contributed by atoms with van der Waals surface area (Å²) >= 11 is 0. The van der Waals surface area contributed by atoms with Gasteiger partial charge in [-0.25, -0.2) is 4.39 Å². The van der Waals surface area contributed by atoms with Crippen LogP contribution in [0.4, 0.5) is 4.39 Å². The third-order valence-electron chi connectivity index (χ3n) is 3.53. The maximum absolute atomic E-state index is 12.9. The summed E-state index contributed by atoms with van der Waals surface area (Å²) < 4.78 is 14.9. The van der Waals surface area contributed by atoms with Crippen LogP contribution in [0.5, 0.6) is 0 Å². The molecule has 1 unspecified atom stereocenters. The van der Waals surface area contributed by atoms with Gasteiger partial charge in [0.25, 0.3) is 0 Å². The molecule has 2 aromatic rings. The van der Waals surface area contributed by atoms with Gasteiger partial charge in [-0.15, -0.1) is 10.2 Å². The smallest absolute Gasteiger partial charge is 0.150 e. The molecule has 1 aromatic heterocycles. The van der Waals surface area contributed by atoms with Crippen LogP contribution in [0.15, 0.2) is 30.6 Å². The molecule has 0 radical (unpaired) electrons. The molecule has 5 heteroatoms. The third-order valence-corrected chi connectivity index (χ3v) is 3.53. The summed E-state index contributed by atoms with van der Waals surface area (Å²) in [6.07, 6.45) is 5.29. The molecular weight excluding hydrogens is 243 g/mol. The predicted molar refractivity (Wildman–Crippen MR) is 70.1 cm³/mol. The Balaban J connectivity index is 1.77. The van der Waals surface area contributed by atoms with Crippen LogP contribution in [0, 0.1) is 5.82 Å². The second-order valence-electron chi connectivity index (χ2n) is 4.95. The van der Waals surface area contributed by atoms with Gasteiger partial charge in [0.05, 0.1) is 12.6 Å². The van der Waals surface area contributed by atoms with Crippen LogP contribution in [0.25, 0.3) is 0 Å². The minimum absolute atomic E-state index is 0.207. The molecular formula is C14H17FN4. The molecule has 0 spiro atoms. The Bertz CT molecular complexity index is 529. The van der Waals surface area contributed by atoms with E-state index in [1.165, 1.54) is 25.0 Å². The number of nitrogens with one attached hydrogen (secondary N) is 1. The number of nitrogens with zero attached hydrogens (tertiary/aromatic N) is 3. The van der Waals surface area contributed by atoms with Crippen molar-refractivity contribution in [2.75, 3.05) is 6.54 Å². The quantitative estimate of drug-likeness (QED) is 0.920. The van der Waals surface area contributed by atoms with Crippen molar-refractivity contribution in [3.8, 4) is 0 Å². The molecule has 0 amide bonds. The lowest BCUT2D eigenvalue weighted by Crippen LogP contribution is -2.29. The number of benzene rings is 1. The summed E-state index contributed by atoms with van der Waals surface area (Å²) in [7, 11) is 0. The highest BCUT2D eigenvalue weighted by Crippen LogP contribution is 2.21. The van der Waals surface area contributed by atoms with Gasteiger partial charge in [-0.05, 0) is 37.1 Å². The van der Waals surface area contributed by atoms with Crippen molar-refractivity contribution in [1.82, 2.24) is 20.1 Å². The predicted octanol–water partition coefficient (Wildman–Crippen LogP) is 2.28. The highest BCUT2D eigenvalue weighted by atomic mass is 19.1. The third kappa shape index (κ3) is 2.81. The van der Waals surface area contributed by atoms with Crippen LogP contribution in [-0.2, 0) is 6.54 Å². The average Bonchev–Trinajstić information content (AvgIpc) is 2.90. The number of rotatable bonds is 3. The fraction of sp³-hybridized carbons (Fsp3) is 0.429. The molecule has 0 bridgehead atoms. The largest absolute Gasteiger partial charge is 0.312 e. The van der Waals surface area contributed by atoms with E-state index in [9.17, 15) is 4.39 Å². The average molecular weight is 260 g/mol. The van der Waals surface area contributed by atoms with Crippen LogP contribution >= 0.6 is 0 Å². The fourth-order valence-corrected chi connectivity index (χ4v) is 2.51. The monoisotopic (exact) mass is 260 g/mol. The zero-order valence-corrected chi connectivity index (χ0v) is 10.7. The Labute approximate surface area is 111 Å². The number of hydrogen-bond acceptors (Lipinski definition) is 3. The van der Waals surface area contributed by atoms with Gasteiger partial charge in [-0.3, -0.25) is 0 Å². The van der Waals surface area contributed by atoms with Crippen LogP contribution < -0.4 is 5.32 Å². The van der Waals surface area contributed by atoms with Crippen molar-refractivity contribution in [2.24, 2.45) is 0 Å². The van der Waals surface area contributed by atoms with E-state index >= 15 is 0 Å². The van der Waals surface area contributed by atoms with Crippen LogP contribution in [0.1, 0.15) is 36.7 Å². The van der Waals surface area contributed by atoms with Gasteiger partial charge in [0.1, 0.15) is 18.0 Å². The Morgan fingerprint density at radius 2 is 2.11 bits per heavy atom. The Hall–Kier alpha value is -1.75. The zero-order valence-electron chi connectivity index (χ0n) is 10.7. The highest BCUT2D eigenvalue weighted by molar-refractivity contribution is 5.17. The molecule has 1 N–H and O–H groups in total. The number of halogens is 1. The van der Waals surface area contributed by atoms with E-state index in [2.05, 4.69) is 15.5 Å².